The second kappa shape index (κ2) is 3.80. The van der Waals surface area contributed by atoms with Crippen molar-refractivity contribution in [1.82, 2.24) is 4.98 Å². The van der Waals surface area contributed by atoms with E-state index < -0.39 is 8.24 Å². The Bertz CT molecular complexity index is 345. The molecule has 0 spiro atoms. The van der Waals surface area contributed by atoms with Crippen LogP contribution in [0.5, 0.6) is 0 Å². The molecule has 1 aromatic rings. The molecular formula is C10H15N3Si. The van der Waals surface area contributed by atoms with Gasteiger partial charge in [0.1, 0.15) is 20.0 Å². The molecule has 0 unspecified atom stereocenters. The largest absolute Gasteiger partial charge is 0.399 e. The summed E-state index contributed by atoms with van der Waals surface area (Å²) >= 11 is 0. The second-order valence-corrected chi connectivity index (χ2v) is 9.26. The quantitative estimate of drug-likeness (QED) is 0.695. The predicted molar refractivity (Wildman–Crippen MR) is 60.7 cm³/mol. The van der Waals surface area contributed by atoms with Gasteiger partial charge in [0.15, 0.2) is 0 Å². The smallest absolute Gasteiger partial charge is 0.147 e. The van der Waals surface area contributed by atoms with Crippen molar-refractivity contribution in [3.8, 4) is 6.07 Å². The highest BCUT2D eigenvalue weighted by Gasteiger charge is 2.20. The fourth-order valence-corrected chi connectivity index (χ4v) is 1.94. The maximum Gasteiger partial charge on any atom is 0.147 e. The molecule has 1 rings (SSSR count). The lowest BCUT2D eigenvalue weighted by Gasteiger charge is -2.31. The Morgan fingerprint density at radius 3 is 2.36 bits per heavy atom. The number of anilines is 1. The van der Waals surface area contributed by atoms with Gasteiger partial charge in [0, 0.05) is 5.69 Å². The van der Waals surface area contributed by atoms with E-state index in [4.69, 9.17) is 5.26 Å². The van der Waals surface area contributed by atoms with Crippen LogP contribution < -0.4 is 4.57 Å². The first-order valence-corrected chi connectivity index (χ1v) is 8.00. The van der Waals surface area contributed by atoms with Crippen LogP contribution in [0.1, 0.15) is 5.69 Å². The van der Waals surface area contributed by atoms with E-state index in [0.29, 0.717) is 5.69 Å². The Balaban J connectivity index is 2.94. The number of rotatable bonds is 2. The van der Waals surface area contributed by atoms with E-state index in [-0.39, 0.29) is 0 Å². The molecule has 0 aromatic carbocycles. The van der Waals surface area contributed by atoms with E-state index >= 15 is 0 Å². The first-order chi connectivity index (χ1) is 6.45. The number of hydrogen-bond acceptors (Lipinski definition) is 3. The summed E-state index contributed by atoms with van der Waals surface area (Å²) in [5, 5.41) is 8.61. The third-order valence-electron chi connectivity index (χ3n) is 2.26. The minimum atomic E-state index is -1.32. The minimum absolute atomic E-state index is 0.470. The van der Waals surface area contributed by atoms with Crippen molar-refractivity contribution < 1.29 is 0 Å². The topological polar surface area (TPSA) is 39.9 Å². The summed E-state index contributed by atoms with van der Waals surface area (Å²) in [7, 11) is 0.760. The van der Waals surface area contributed by atoms with Gasteiger partial charge in [-0.1, -0.05) is 19.6 Å². The van der Waals surface area contributed by atoms with Gasteiger partial charge in [0.2, 0.25) is 0 Å². The standard InChI is InChI=1S/C10H15N3Si/c1-13(14(2,3)4)10-6-5-9(7-11)12-8-10/h5-6,8H,1-4H3. The summed E-state index contributed by atoms with van der Waals surface area (Å²) in [5.41, 5.74) is 1.56. The SMILES string of the molecule is CN(c1ccc(C#N)nc1)[Si](C)(C)C. The molecule has 0 atom stereocenters. The van der Waals surface area contributed by atoms with E-state index in [1.165, 1.54) is 0 Å². The summed E-state index contributed by atoms with van der Waals surface area (Å²) in [6, 6.07) is 5.72. The lowest BCUT2D eigenvalue weighted by molar-refractivity contribution is 1.19. The van der Waals surface area contributed by atoms with Gasteiger partial charge in [-0.3, -0.25) is 0 Å². The van der Waals surface area contributed by atoms with Gasteiger partial charge in [-0.15, -0.1) is 0 Å². The molecular weight excluding hydrogens is 190 g/mol. The molecule has 0 aliphatic rings. The first kappa shape index (κ1) is 10.7. The van der Waals surface area contributed by atoms with E-state index in [9.17, 15) is 0 Å². The van der Waals surface area contributed by atoms with Crippen LogP contribution in [0.15, 0.2) is 18.3 Å². The summed E-state index contributed by atoms with van der Waals surface area (Å²) < 4.78 is 2.27. The van der Waals surface area contributed by atoms with Gasteiger partial charge in [-0.25, -0.2) is 4.98 Å². The van der Waals surface area contributed by atoms with E-state index in [0.717, 1.165) is 5.69 Å². The maximum absolute atomic E-state index is 8.61. The average molecular weight is 205 g/mol. The van der Waals surface area contributed by atoms with Crippen molar-refractivity contribution >= 4 is 13.9 Å². The maximum atomic E-state index is 8.61. The van der Waals surface area contributed by atoms with Crippen LogP contribution in [-0.2, 0) is 0 Å². The van der Waals surface area contributed by atoms with Crippen molar-refractivity contribution in [3.05, 3.63) is 24.0 Å². The van der Waals surface area contributed by atoms with Crippen LogP contribution in [0.4, 0.5) is 5.69 Å². The Kier molecular flexibility index (Phi) is 2.92. The van der Waals surface area contributed by atoms with Crippen molar-refractivity contribution in [1.29, 1.82) is 5.26 Å². The number of nitriles is 1. The average Bonchev–Trinajstić information content (AvgIpc) is 2.15. The molecule has 4 heteroatoms. The highest BCUT2D eigenvalue weighted by atomic mass is 28.3. The van der Waals surface area contributed by atoms with E-state index in [2.05, 4.69) is 36.2 Å². The molecule has 0 aliphatic carbocycles. The molecule has 0 fully saturated rings. The van der Waals surface area contributed by atoms with Crippen LogP contribution in [0.3, 0.4) is 0 Å². The zero-order valence-electron chi connectivity index (χ0n) is 9.07. The molecule has 1 heterocycles. The molecule has 0 saturated heterocycles. The van der Waals surface area contributed by atoms with Crippen molar-refractivity contribution in [3.63, 3.8) is 0 Å². The Hall–Kier alpha value is -1.34. The monoisotopic (exact) mass is 205 g/mol. The summed E-state index contributed by atoms with van der Waals surface area (Å²) in [6.45, 7) is 6.81. The fraction of sp³-hybridized carbons (Fsp3) is 0.400. The third kappa shape index (κ3) is 2.33. The molecule has 3 nitrogen and oxygen atoms in total. The van der Waals surface area contributed by atoms with Crippen LogP contribution in [0, 0.1) is 11.3 Å². The van der Waals surface area contributed by atoms with Crippen molar-refractivity contribution in [2.45, 2.75) is 19.6 Å². The molecule has 0 amide bonds. The van der Waals surface area contributed by atoms with Crippen molar-refractivity contribution in [2.75, 3.05) is 11.6 Å². The molecule has 14 heavy (non-hydrogen) atoms. The number of pyridine rings is 1. The molecule has 74 valence electrons. The van der Waals surface area contributed by atoms with Gasteiger partial charge in [0.25, 0.3) is 0 Å². The van der Waals surface area contributed by atoms with E-state index in [1.807, 2.05) is 12.1 Å². The second-order valence-electron chi connectivity index (χ2n) is 4.24. The highest BCUT2D eigenvalue weighted by molar-refractivity contribution is 6.79. The number of nitrogens with zero attached hydrogens (tertiary/aromatic N) is 3. The van der Waals surface area contributed by atoms with Gasteiger partial charge < -0.3 is 4.57 Å². The molecule has 0 N–H and O–H groups in total. The fourth-order valence-electron chi connectivity index (χ4n) is 1.04. The lowest BCUT2D eigenvalue weighted by Crippen LogP contribution is -2.43. The van der Waals surface area contributed by atoms with Gasteiger partial charge in [0.05, 0.1) is 6.20 Å². The van der Waals surface area contributed by atoms with Gasteiger partial charge >= 0.3 is 0 Å². The lowest BCUT2D eigenvalue weighted by atomic mass is 10.3. The Morgan fingerprint density at radius 2 is 2.00 bits per heavy atom. The molecule has 0 radical (unpaired) electrons. The summed E-state index contributed by atoms with van der Waals surface area (Å²) in [4.78, 5) is 4.05. The van der Waals surface area contributed by atoms with Crippen LogP contribution in [0.25, 0.3) is 0 Å². The Morgan fingerprint density at radius 1 is 1.36 bits per heavy atom. The molecule has 1 aromatic heterocycles. The molecule has 0 aliphatic heterocycles. The van der Waals surface area contributed by atoms with Crippen LogP contribution in [0.2, 0.25) is 19.6 Å². The van der Waals surface area contributed by atoms with Gasteiger partial charge in [-0.05, 0) is 19.2 Å². The molecule has 0 saturated carbocycles. The van der Waals surface area contributed by atoms with Crippen LogP contribution >= 0.6 is 0 Å². The summed E-state index contributed by atoms with van der Waals surface area (Å²) in [5.74, 6) is 0. The highest BCUT2D eigenvalue weighted by Crippen LogP contribution is 2.18. The van der Waals surface area contributed by atoms with E-state index in [1.54, 1.807) is 12.3 Å². The minimum Gasteiger partial charge on any atom is -0.399 e. The Labute approximate surface area is 86.1 Å². The zero-order chi connectivity index (χ0) is 10.8. The summed E-state index contributed by atoms with van der Waals surface area (Å²) in [6.07, 6.45) is 1.76. The predicted octanol–water partition coefficient (Wildman–Crippen LogP) is 2.22. The zero-order valence-corrected chi connectivity index (χ0v) is 10.1. The number of hydrogen-bond donors (Lipinski definition) is 0. The van der Waals surface area contributed by atoms with Gasteiger partial charge in [-0.2, -0.15) is 5.26 Å². The third-order valence-corrected chi connectivity index (χ3v) is 4.53. The number of aromatic nitrogens is 1. The first-order valence-electron chi connectivity index (χ1n) is 4.55. The van der Waals surface area contributed by atoms with Crippen LogP contribution in [-0.4, -0.2) is 20.3 Å². The normalized spacial score (nSPS) is 10.8. The van der Waals surface area contributed by atoms with Crippen molar-refractivity contribution in [2.24, 2.45) is 0 Å². The molecule has 0 bridgehead atoms.